The Bertz CT molecular complexity index is 792. The first-order chi connectivity index (χ1) is 11.4. The highest BCUT2D eigenvalue weighted by molar-refractivity contribution is 7.99. The molecule has 128 valence electrons. The van der Waals surface area contributed by atoms with Gasteiger partial charge in [0, 0.05) is 29.8 Å². The van der Waals surface area contributed by atoms with Crippen LogP contribution in [0.1, 0.15) is 10.4 Å². The summed E-state index contributed by atoms with van der Waals surface area (Å²) in [7, 11) is -1.89. The summed E-state index contributed by atoms with van der Waals surface area (Å²) in [4.78, 5) is 13.3. The van der Waals surface area contributed by atoms with Gasteiger partial charge in [-0.3, -0.25) is 9.10 Å². The van der Waals surface area contributed by atoms with E-state index in [1.165, 1.54) is 7.05 Å². The van der Waals surface area contributed by atoms with Crippen molar-refractivity contribution in [3.8, 4) is 0 Å². The van der Waals surface area contributed by atoms with Crippen molar-refractivity contribution in [2.24, 2.45) is 0 Å². The van der Waals surface area contributed by atoms with Gasteiger partial charge in [0.1, 0.15) is 0 Å². The van der Waals surface area contributed by atoms with Crippen LogP contribution >= 0.6 is 11.8 Å². The van der Waals surface area contributed by atoms with Crippen LogP contribution in [0.4, 0.5) is 5.69 Å². The van der Waals surface area contributed by atoms with E-state index >= 15 is 0 Å². The molecule has 0 aliphatic heterocycles. The third kappa shape index (κ3) is 5.28. The Labute approximate surface area is 147 Å². The van der Waals surface area contributed by atoms with E-state index in [4.69, 9.17) is 0 Å². The molecule has 0 radical (unpaired) electrons. The Hall–Kier alpha value is -1.99. The molecule has 0 aliphatic carbocycles. The summed E-state index contributed by atoms with van der Waals surface area (Å²) < 4.78 is 24.3. The minimum atomic E-state index is -3.35. The van der Waals surface area contributed by atoms with Gasteiger partial charge in [-0.25, -0.2) is 8.42 Å². The molecule has 0 aliphatic rings. The molecule has 2 aromatic carbocycles. The number of anilines is 1. The molecule has 0 atom stereocenters. The predicted octanol–water partition coefficient (Wildman–Crippen LogP) is 2.60. The predicted molar refractivity (Wildman–Crippen MR) is 99.2 cm³/mol. The van der Waals surface area contributed by atoms with Crippen LogP contribution in [-0.2, 0) is 10.0 Å². The molecule has 0 fully saturated rings. The van der Waals surface area contributed by atoms with Crippen LogP contribution in [0.2, 0.25) is 0 Å². The lowest BCUT2D eigenvalue weighted by Crippen LogP contribution is -2.27. The highest BCUT2D eigenvalue weighted by atomic mass is 32.2. The minimum absolute atomic E-state index is 0.215. The molecule has 2 rings (SSSR count). The molecule has 1 amide bonds. The summed E-state index contributed by atoms with van der Waals surface area (Å²) in [5, 5.41) is 2.85. The molecule has 0 saturated carbocycles. The number of hydrogen-bond donors (Lipinski definition) is 1. The molecule has 0 bridgehead atoms. The number of nitrogens with zero attached hydrogens (tertiary/aromatic N) is 1. The summed E-state index contributed by atoms with van der Waals surface area (Å²) in [6.45, 7) is 0.532. The van der Waals surface area contributed by atoms with E-state index < -0.39 is 10.0 Å². The van der Waals surface area contributed by atoms with Gasteiger partial charge >= 0.3 is 0 Å². The monoisotopic (exact) mass is 364 g/mol. The smallest absolute Gasteiger partial charge is 0.251 e. The maximum atomic E-state index is 12.2. The molecular weight excluding hydrogens is 344 g/mol. The molecule has 7 heteroatoms. The van der Waals surface area contributed by atoms with Crippen molar-refractivity contribution in [1.82, 2.24) is 5.32 Å². The standard InChI is InChI=1S/C17H20N2O3S2/c1-19(24(2,21)22)15-8-6-7-14(13-15)17(20)18-11-12-23-16-9-4-3-5-10-16/h3-10,13H,11-12H2,1-2H3,(H,18,20). The van der Waals surface area contributed by atoms with Crippen LogP contribution in [-0.4, -0.2) is 39.9 Å². The highest BCUT2D eigenvalue weighted by Gasteiger charge is 2.13. The van der Waals surface area contributed by atoms with E-state index in [2.05, 4.69) is 5.32 Å². The van der Waals surface area contributed by atoms with E-state index in [9.17, 15) is 13.2 Å². The quantitative estimate of drug-likeness (QED) is 0.606. The second-order valence-corrected chi connectivity index (χ2v) is 8.38. The molecule has 0 spiro atoms. The zero-order valence-corrected chi connectivity index (χ0v) is 15.2. The van der Waals surface area contributed by atoms with Gasteiger partial charge in [-0.2, -0.15) is 0 Å². The van der Waals surface area contributed by atoms with Crippen LogP contribution in [0.3, 0.4) is 0 Å². The third-order valence-corrected chi connectivity index (χ3v) is 5.59. The summed E-state index contributed by atoms with van der Waals surface area (Å²) in [5.74, 6) is 0.547. The number of rotatable bonds is 7. The fraction of sp³-hybridized carbons (Fsp3) is 0.235. The van der Waals surface area contributed by atoms with Gasteiger partial charge in [0.05, 0.1) is 11.9 Å². The van der Waals surface area contributed by atoms with Crippen LogP contribution in [0.15, 0.2) is 59.5 Å². The van der Waals surface area contributed by atoms with Crippen LogP contribution < -0.4 is 9.62 Å². The fourth-order valence-corrected chi connectivity index (χ4v) is 3.27. The molecule has 1 N–H and O–H groups in total. The Morgan fingerprint density at radius 2 is 1.83 bits per heavy atom. The average Bonchev–Trinajstić information content (AvgIpc) is 2.58. The van der Waals surface area contributed by atoms with Crippen molar-refractivity contribution in [3.63, 3.8) is 0 Å². The number of carbonyl (C=O) groups excluding carboxylic acids is 1. The second kappa shape index (κ2) is 8.21. The molecule has 0 saturated heterocycles. The van der Waals surface area contributed by atoms with Crippen molar-refractivity contribution in [3.05, 3.63) is 60.2 Å². The van der Waals surface area contributed by atoms with E-state index in [1.54, 1.807) is 36.0 Å². The molecule has 5 nitrogen and oxygen atoms in total. The van der Waals surface area contributed by atoms with Crippen molar-refractivity contribution >= 4 is 33.4 Å². The summed E-state index contributed by atoms with van der Waals surface area (Å²) in [6, 6.07) is 16.5. The van der Waals surface area contributed by atoms with Crippen LogP contribution in [0.5, 0.6) is 0 Å². The van der Waals surface area contributed by atoms with E-state index in [-0.39, 0.29) is 5.91 Å². The normalized spacial score (nSPS) is 11.1. The number of nitrogens with one attached hydrogen (secondary N) is 1. The lowest BCUT2D eigenvalue weighted by atomic mass is 10.2. The van der Waals surface area contributed by atoms with Gasteiger partial charge in [0.2, 0.25) is 10.0 Å². The van der Waals surface area contributed by atoms with Crippen LogP contribution in [0.25, 0.3) is 0 Å². The molecule has 24 heavy (non-hydrogen) atoms. The van der Waals surface area contributed by atoms with Gasteiger partial charge in [0.25, 0.3) is 5.91 Å². The zero-order valence-electron chi connectivity index (χ0n) is 13.6. The molecular formula is C17H20N2O3S2. The van der Waals surface area contributed by atoms with Gasteiger partial charge in [0.15, 0.2) is 0 Å². The number of benzene rings is 2. The van der Waals surface area contributed by atoms with Gasteiger partial charge in [-0.1, -0.05) is 24.3 Å². The number of hydrogen-bond acceptors (Lipinski definition) is 4. The Morgan fingerprint density at radius 1 is 1.12 bits per heavy atom. The second-order valence-electron chi connectivity index (χ2n) is 5.20. The summed E-state index contributed by atoms with van der Waals surface area (Å²) in [5.41, 5.74) is 0.900. The van der Waals surface area contributed by atoms with E-state index in [1.807, 2.05) is 30.3 Å². The summed E-state index contributed by atoms with van der Waals surface area (Å²) >= 11 is 1.67. The molecule has 2 aromatic rings. The first-order valence-corrected chi connectivity index (χ1v) is 10.2. The third-order valence-electron chi connectivity index (χ3n) is 3.37. The first-order valence-electron chi connectivity index (χ1n) is 7.38. The first kappa shape index (κ1) is 18.4. The molecule has 0 aromatic heterocycles. The van der Waals surface area contributed by atoms with Gasteiger partial charge in [-0.05, 0) is 30.3 Å². The van der Waals surface area contributed by atoms with Gasteiger partial charge in [-0.15, -0.1) is 11.8 Å². The van der Waals surface area contributed by atoms with Gasteiger partial charge < -0.3 is 5.32 Å². The number of thioether (sulfide) groups is 1. The van der Waals surface area contributed by atoms with E-state index in [0.29, 0.717) is 17.8 Å². The Balaban J connectivity index is 1.91. The van der Waals surface area contributed by atoms with Crippen molar-refractivity contribution < 1.29 is 13.2 Å². The largest absolute Gasteiger partial charge is 0.351 e. The minimum Gasteiger partial charge on any atom is -0.351 e. The van der Waals surface area contributed by atoms with Crippen molar-refractivity contribution in [1.29, 1.82) is 0 Å². The lowest BCUT2D eigenvalue weighted by Gasteiger charge is -2.17. The summed E-state index contributed by atoms with van der Waals surface area (Å²) in [6.07, 6.45) is 1.13. The highest BCUT2D eigenvalue weighted by Crippen LogP contribution is 2.18. The maximum absolute atomic E-state index is 12.2. The Morgan fingerprint density at radius 3 is 2.50 bits per heavy atom. The molecule has 0 heterocycles. The van der Waals surface area contributed by atoms with E-state index in [0.717, 1.165) is 21.2 Å². The number of amides is 1. The van der Waals surface area contributed by atoms with Crippen molar-refractivity contribution in [2.75, 3.05) is 29.9 Å². The maximum Gasteiger partial charge on any atom is 0.251 e. The molecule has 0 unspecified atom stereocenters. The lowest BCUT2D eigenvalue weighted by molar-refractivity contribution is 0.0956. The number of sulfonamides is 1. The topological polar surface area (TPSA) is 66.5 Å². The van der Waals surface area contributed by atoms with Crippen molar-refractivity contribution in [2.45, 2.75) is 4.90 Å². The average molecular weight is 364 g/mol. The number of carbonyl (C=O) groups is 1. The van der Waals surface area contributed by atoms with Crippen LogP contribution in [0, 0.1) is 0 Å². The fourth-order valence-electron chi connectivity index (χ4n) is 1.99. The Kier molecular flexibility index (Phi) is 6.28. The zero-order chi connectivity index (χ0) is 17.6. The SMILES string of the molecule is CN(c1cccc(C(=O)NCCSc2ccccc2)c1)S(C)(=O)=O.